The molecule has 1 aliphatic heterocycles. The van der Waals surface area contributed by atoms with Crippen molar-refractivity contribution in [1.82, 2.24) is 15.0 Å². The fraction of sp³-hybridized carbons (Fsp3) is 0.100. The van der Waals surface area contributed by atoms with Gasteiger partial charge in [-0.15, -0.1) is 0 Å². The number of phenols is 1. The third kappa shape index (κ3) is 3.75. The van der Waals surface area contributed by atoms with Crippen LogP contribution < -0.4 is 10.5 Å². The summed E-state index contributed by atoms with van der Waals surface area (Å²) >= 11 is 4.34. The normalized spacial score (nSPS) is 15.3. The Kier molecular flexibility index (Phi) is 5.44. The van der Waals surface area contributed by atoms with Crippen molar-refractivity contribution in [3.63, 3.8) is 0 Å². The maximum Gasteiger partial charge on any atom is 0.219 e. The zero-order valence-corrected chi connectivity index (χ0v) is 17.9. The Hall–Kier alpha value is -2.98. The molecule has 152 valence electrons. The standard InChI is InChI=1S/C20H14BrFN4O3S/c1-9(11-7-25-20(23)26-8-11)29-13-5-10(15(21)16(22)18(13)28)6-14-17(27)12-3-2-4-24-19(12)30-14/h2-9,28H,1H3,(H2,23,25,26)/b14-6-. The third-order valence-electron chi connectivity index (χ3n) is 4.37. The molecule has 0 saturated heterocycles. The molecule has 3 N–H and O–H groups in total. The van der Waals surface area contributed by atoms with Gasteiger partial charge >= 0.3 is 0 Å². The molecule has 0 saturated carbocycles. The van der Waals surface area contributed by atoms with Gasteiger partial charge in [0.2, 0.25) is 11.7 Å². The molecule has 1 atom stereocenters. The van der Waals surface area contributed by atoms with Gasteiger partial charge in [-0.2, -0.15) is 0 Å². The fourth-order valence-corrected chi connectivity index (χ4v) is 4.19. The number of hydrogen-bond donors (Lipinski definition) is 2. The summed E-state index contributed by atoms with van der Waals surface area (Å²) in [4.78, 5) is 25.0. The van der Waals surface area contributed by atoms with Crippen LogP contribution in [0.1, 0.15) is 34.5 Å². The third-order valence-corrected chi connectivity index (χ3v) is 6.22. The second-order valence-corrected chi connectivity index (χ2v) is 8.19. The topological polar surface area (TPSA) is 111 Å². The summed E-state index contributed by atoms with van der Waals surface area (Å²) in [5.74, 6) is -1.71. The Bertz CT molecular complexity index is 1190. The number of ether oxygens (including phenoxy) is 1. The number of aromatic nitrogens is 3. The van der Waals surface area contributed by atoms with Crippen LogP contribution in [0.3, 0.4) is 0 Å². The molecular weight excluding hydrogens is 475 g/mol. The van der Waals surface area contributed by atoms with Gasteiger partial charge in [0.05, 0.1) is 14.9 Å². The summed E-state index contributed by atoms with van der Waals surface area (Å²) in [5, 5.41) is 10.8. The lowest BCUT2D eigenvalue weighted by atomic mass is 10.1. The summed E-state index contributed by atoms with van der Waals surface area (Å²) in [6, 6.07) is 4.83. The van der Waals surface area contributed by atoms with Crippen LogP contribution in [0.25, 0.3) is 6.08 Å². The number of pyridine rings is 1. The number of carbonyl (C=O) groups excluding carboxylic acids is 1. The van der Waals surface area contributed by atoms with Gasteiger partial charge in [0.1, 0.15) is 11.1 Å². The smallest absolute Gasteiger partial charge is 0.219 e. The number of fused-ring (bicyclic) bond motifs is 1. The molecule has 0 spiro atoms. The van der Waals surface area contributed by atoms with E-state index in [2.05, 4.69) is 30.9 Å². The number of nitrogens with zero attached hydrogens (tertiary/aromatic N) is 3. The number of halogens is 2. The van der Waals surface area contributed by atoms with Gasteiger partial charge in [0.25, 0.3) is 0 Å². The molecule has 0 aliphatic carbocycles. The first kappa shape index (κ1) is 20.3. The minimum Gasteiger partial charge on any atom is -0.502 e. The number of aromatic hydroxyl groups is 1. The Morgan fingerprint density at radius 1 is 1.33 bits per heavy atom. The van der Waals surface area contributed by atoms with E-state index in [0.717, 1.165) is 0 Å². The van der Waals surface area contributed by atoms with Crippen LogP contribution in [0.15, 0.2) is 51.2 Å². The minimum absolute atomic E-state index is 0.0145. The highest BCUT2D eigenvalue weighted by Gasteiger charge is 2.28. The van der Waals surface area contributed by atoms with E-state index in [0.29, 0.717) is 26.6 Å². The molecule has 0 bridgehead atoms. The molecule has 7 nitrogen and oxygen atoms in total. The molecule has 3 heterocycles. The maximum absolute atomic E-state index is 14.6. The van der Waals surface area contributed by atoms with Crippen LogP contribution in [-0.2, 0) is 0 Å². The monoisotopic (exact) mass is 488 g/mol. The summed E-state index contributed by atoms with van der Waals surface area (Å²) in [6.07, 6.45) is 5.52. The number of nitrogen functional groups attached to an aromatic ring is 1. The molecule has 0 radical (unpaired) electrons. The number of nitrogens with two attached hydrogens (primary N) is 1. The van der Waals surface area contributed by atoms with Crippen molar-refractivity contribution in [3.8, 4) is 11.5 Å². The molecule has 1 aliphatic rings. The summed E-state index contributed by atoms with van der Waals surface area (Å²) in [5.41, 5.74) is 6.91. The van der Waals surface area contributed by atoms with Crippen molar-refractivity contribution in [2.24, 2.45) is 0 Å². The van der Waals surface area contributed by atoms with Gasteiger partial charge < -0.3 is 15.6 Å². The van der Waals surface area contributed by atoms with Gasteiger partial charge in [0, 0.05) is 24.2 Å². The molecule has 0 fully saturated rings. The lowest BCUT2D eigenvalue weighted by Crippen LogP contribution is -2.06. The van der Waals surface area contributed by atoms with Crippen LogP contribution in [-0.4, -0.2) is 25.8 Å². The van der Waals surface area contributed by atoms with Crippen LogP contribution in [0.2, 0.25) is 0 Å². The second-order valence-electron chi connectivity index (χ2n) is 6.37. The highest BCUT2D eigenvalue weighted by atomic mass is 79.9. The number of phenolic OH excluding ortho intramolecular Hbond substituents is 1. The highest BCUT2D eigenvalue weighted by Crippen LogP contribution is 2.43. The largest absolute Gasteiger partial charge is 0.502 e. The van der Waals surface area contributed by atoms with E-state index < -0.39 is 17.7 Å². The Morgan fingerprint density at radius 2 is 2.07 bits per heavy atom. The van der Waals surface area contributed by atoms with Gasteiger partial charge in [0.15, 0.2) is 17.3 Å². The van der Waals surface area contributed by atoms with E-state index in [1.165, 1.54) is 36.3 Å². The predicted molar refractivity (Wildman–Crippen MR) is 114 cm³/mol. The minimum atomic E-state index is -0.897. The first-order valence-electron chi connectivity index (χ1n) is 8.69. The highest BCUT2D eigenvalue weighted by molar-refractivity contribution is 9.10. The first-order chi connectivity index (χ1) is 14.3. The van der Waals surface area contributed by atoms with E-state index in [-0.39, 0.29) is 22.0 Å². The van der Waals surface area contributed by atoms with Crippen LogP contribution in [0, 0.1) is 5.82 Å². The number of rotatable bonds is 4. The van der Waals surface area contributed by atoms with E-state index in [4.69, 9.17) is 10.5 Å². The molecule has 4 rings (SSSR count). The van der Waals surface area contributed by atoms with Gasteiger partial charge in [-0.25, -0.2) is 19.3 Å². The van der Waals surface area contributed by atoms with Gasteiger partial charge in [-0.05, 0) is 52.7 Å². The lowest BCUT2D eigenvalue weighted by molar-refractivity contribution is 0.104. The second kappa shape index (κ2) is 8.04. The molecule has 10 heteroatoms. The molecule has 1 aromatic carbocycles. The van der Waals surface area contributed by atoms with Crippen molar-refractivity contribution in [3.05, 3.63) is 68.7 Å². The van der Waals surface area contributed by atoms with Gasteiger partial charge in [-0.3, -0.25) is 4.79 Å². The van der Waals surface area contributed by atoms with Crippen LogP contribution >= 0.6 is 27.7 Å². The molecule has 0 amide bonds. The fourth-order valence-electron chi connectivity index (χ4n) is 2.79. The SMILES string of the molecule is CC(Oc1cc(/C=C2\Sc3ncccc3C2=O)c(Br)c(F)c1O)c1cnc(N)nc1. The number of benzene rings is 1. The number of thioether (sulfide) groups is 1. The molecular formula is C20H14BrFN4O3S. The Morgan fingerprint density at radius 3 is 2.77 bits per heavy atom. The number of Topliss-reactive ketones (excluding diaryl/α,β-unsaturated/α-hetero) is 1. The van der Waals surface area contributed by atoms with Crippen LogP contribution in [0.4, 0.5) is 10.3 Å². The maximum atomic E-state index is 14.6. The number of hydrogen-bond acceptors (Lipinski definition) is 8. The van der Waals surface area contributed by atoms with Crippen molar-refractivity contribution >= 4 is 45.5 Å². The van der Waals surface area contributed by atoms with Crippen molar-refractivity contribution in [2.45, 2.75) is 18.1 Å². The van der Waals surface area contributed by atoms with Gasteiger partial charge in [-0.1, -0.05) is 11.8 Å². The molecule has 3 aromatic rings. The van der Waals surface area contributed by atoms with E-state index in [9.17, 15) is 14.3 Å². The Labute approximate surface area is 183 Å². The van der Waals surface area contributed by atoms with E-state index in [1.54, 1.807) is 25.3 Å². The quantitative estimate of drug-likeness (QED) is 0.515. The van der Waals surface area contributed by atoms with Crippen molar-refractivity contribution in [2.75, 3.05) is 5.73 Å². The first-order valence-corrected chi connectivity index (χ1v) is 10.3. The van der Waals surface area contributed by atoms with E-state index in [1.807, 2.05) is 0 Å². The Balaban J connectivity index is 1.68. The molecule has 1 unspecified atom stereocenters. The summed E-state index contributed by atoms with van der Waals surface area (Å²) in [6.45, 7) is 1.70. The number of carbonyl (C=O) groups is 1. The predicted octanol–water partition coefficient (Wildman–Crippen LogP) is 4.53. The average molecular weight is 489 g/mol. The zero-order valence-electron chi connectivity index (χ0n) is 15.5. The zero-order chi connectivity index (χ0) is 21.4. The summed E-state index contributed by atoms with van der Waals surface area (Å²) < 4.78 is 20.4. The summed E-state index contributed by atoms with van der Waals surface area (Å²) in [7, 11) is 0. The number of anilines is 1. The number of ketones is 1. The lowest BCUT2D eigenvalue weighted by Gasteiger charge is -2.17. The van der Waals surface area contributed by atoms with Crippen molar-refractivity contribution in [1.29, 1.82) is 0 Å². The number of allylic oxidation sites excluding steroid dienone is 1. The molecule has 2 aromatic heterocycles. The van der Waals surface area contributed by atoms with Crippen molar-refractivity contribution < 1.29 is 19.0 Å². The van der Waals surface area contributed by atoms with Crippen LogP contribution in [0.5, 0.6) is 11.5 Å². The van der Waals surface area contributed by atoms with E-state index >= 15 is 0 Å². The molecule has 30 heavy (non-hydrogen) atoms. The average Bonchev–Trinajstić information content (AvgIpc) is 3.06.